The molecule has 0 aromatic heterocycles. The van der Waals surface area contributed by atoms with Gasteiger partial charge in [-0.25, -0.2) is 0 Å². The Morgan fingerprint density at radius 3 is 2.31 bits per heavy atom. The third kappa shape index (κ3) is 1.62. The van der Waals surface area contributed by atoms with E-state index in [0.29, 0.717) is 5.56 Å². The minimum absolute atomic E-state index is 0.404. The fraction of sp³-hybridized carbons (Fsp3) is 0.0769. The van der Waals surface area contributed by atoms with Crippen molar-refractivity contribution in [2.45, 2.75) is 6.85 Å². The molecule has 0 heteroatoms. The zero-order chi connectivity index (χ0) is 11.6. The van der Waals surface area contributed by atoms with E-state index in [1.807, 2.05) is 42.5 Å². The Bertz CT molecular complexity index is 472. The van der Waals surface area contributed by atoms with Crippen LogP contribution in [0.3, 0.4) is 0 Å². The van der Waals surface area contributed by atoms with Crippen molar-refractivity contribution in [1.82, 2.24) is 0 Å². The van der Waals surface area contributed by atoms with E-state index >= 15 is 0 Å². The van der Waals surface area contributed by atoms with Crippen LogP contribution >= 0.6 is 0 Å². The summed E-state index contributed by atoms with van der Waals surface area (Å²) in [6.45, 7) is -2.06. The van der Waals surface area contributed by atoms with Crippen molar-refractivity contribution in [3.8, 4) is 11.1 Å². The van der Waals surface area contributed by atoms with Gasteiger partial charge in [0.1, 0.15) is 0 Å². The summed E-state index contributed by atoms with van der Waals surface area (Å²) in [5.74, 6) is 0. The average Bonchev–Trinajstić information content (AvgIpc) is 2.29. The molecule has 0 aliphatic carbocycles. The highest BCUT2D eigenvalue weighted by molar-refractivity contribution is 5.66. The summed E-state index contributed by atoms with van der Waals surface area (Å²) in [6, 6.07) is 16.7. The zero-order valence-electron chi connectivity index (χ0n) is 10.2. The van der Waals surface area contributed by atoms with Crippen LogP contribution in [0.25, 0.3) is 11.1 Å². The van der Waals surface area contributed by atoms with Gasteiger partial charge >= 0.3 is 0 Å². The molecule has 0 amide bonds. The lowest BCUT2D eigenvalue weighted by molar-refractivity contribution is 1.46. The van der Waals surface area contributed by atoms with E-state index in [0.717, 1.165) is 11.1 Å². The van der Waals surface area contributed by atoms with Gasteiger partial charge in [0.15, 0.2) is 0 Å². The minimum Gasteiger partial charge on any atom is -0.0622 e. The van der Waals surface area contributed by atoms with Crippen LogP contribution in [0, 0.1) is 6.85 Å². The summed E-state index contributed by atoms with van der Waals surface area (Å²) in [6.07, 6.45) is 0. The van der Waals surface area contributed by atoms with Crippen LogP contribution in [-0.2, 0) is 0 Å². The Kier molecular flexibility index (Phi) is 1.38. The molecule has 2 aromatic rings. The molecule has 13 heavy (non-hydrogen) atoms. The first kappa shape index (κ1) is 5.23. The van der Waals surface area contributed by atoms with Gasteiger partial charge in [-0.1, -0.05) is 54.6 Å². The third-order valence-corrected chi connectivity index (χ3v) is 2.01. The van der Waals surface area contributed by atoms with Crippen LogP contribution in [0.4, 0.5) is 0 Å². The predicted octanol–water partition coefficient (Wildman–Crippen LogP) is 3.66. The number of aryl methyl sites for hydroxylation is 1. The Hall–Kier alpha value is -1.56. The molecule has 0 aliphatic heterocycles. The van der Waals surface area contributed by atoms with Crippen LogP contribution in [0.1, 0.15) is 9.68 Å². The van der Waals surface area contributed by atoms with Gasteiger partial charge in [0.05, 0.1) is 0 Å². The molecule has 0 aliphatic rings. The molecule has 2 aromatic carbocycles. The van der Waals surface area contributed by atoms with Gasteiger partial charge in [0.25, 0.3) is 0 Å². The van der Waals surface area contributed by atoms with Crippen LogP contribution in [0.5, 0.6) is 0 Å². The second-order valence-electron chi connectivity index (χ2n) is 2.91. The highest BCUT2D eigenvalue weighted by atomic mass is 14.0. The molecule has 0 bridgehead atoms. The SMILES string of the molecule is [2H]C([2H])([2H])c1ccccc1-c1ccccc1. The van der Waals surface area contributed by atoms with Crippen molar-refractivity contribution >= 4 is 0 Å². The standard InChI is InChI=1S/C13H12/c1-11-7-5-6-10-13(11)12-8-3-2-4-9-12/h2-10H,1H3/i1D3. The predicted molar refractivity (Wildman–Crippen MR) is 56.6 cm³/mol. The molecule has 0 nitrogen and oxygen atoms in total. The summed E-state index contributed by atoms with van der Waals surface area (Å²) in [7, 11) is 0. The summed E-state index contributed by atoms with van der Waals surface area (Å²) in [5.41, 5.74) is 2.12. The molecule has 0 unspecified atom stereocenters. The van der Waals surface area contributed by atoms with Crippen molar-refractivity contribution in [1.29, 1.82) is 0 Å². The van der Waals surface area contributed by atoms with E-state index in [1.54, 1.807) is 12.1 Å². The molecule has 0 saturated heterocycles. The van der Waals surface area contributed by atoms with E-state index in [2.05, 4.69) is 0 Å². The first-order valence-corrected chi connectivity index (χ1v) is 4.24. The molecule has 2 rings (SSSR count). The van der Waals surface area contributed by atoms with Crippen LogP contribution in [0.2, 0.25) is 0 Å². The molecular weight excluding hydrogens is 156 g/mol. The Morgan fingerprint density at radius 2 is 1.54 bits per heavy atom. The minimum atomic E-state index is -2.06. The van der Waals surface area contributed by atoms with E-state index in [-0.39, 0.29) is 0 Å². The van der Waals surface area contributed by atoms with Gasteiger partial charge in [-0.15, -0.1) is 0 Å². The quantitative estimate of drug-likeness (QED) is 0.614. The van der Waals surface area contributed by atoms with E-state index in [1.165, 1.54) is 0 Å². The maximum absolute atomic E-state index is 7.50. The largest absolute Gasteiger partial charge is 0.0622 e. The van der Waals surface area contributed by atoms with Gasteiger partial charge in [-0.3, -0.25) is 0 Å². The fourth-order valence-electron chi connectivity index (χ4n) is 1.35. The van der Waals surface area contributed by atoms with Crippen molar-refractivity contribution in [3.05, 3.63) is 60.2 Å². The fourth-order valence-corrected chi connectivity index (χ4v) is 1.35. The van der Waals surface area contributed by atoms with Gasteiger partial charge in [0, 0.05) is 4.11 Å². The summed E-state index contributed by atoms with van der Waals surface area (Å²) >= 11 is 0. The van der Waals surface area contributed by atoms with Gasteiger partial charge < -0.3 is 0 Å². The van der Waals surface area contributed by atoms with Crippen molar-refractivity contribution in [3.63, 3.8) is 0 Å². The van der Waals surface area contributed by atoms with Crippen molar-refractivity contribution in [2.75, 3.05) is 0 Å². The first-order valence-electron chi connectivity index (χ1n) is 5.74. The molecular formula is C13H12. The lowest BCUT2D eigenvalue weighted by Crippen LogP contribution is -1.80. The Labute approximate surface area is 83.1 Å². The second kappa shape index (κ2) is 3.44. The van der Waals surface area contributed by atoms with E-state index in [9.17, 15) is 0 Å². The van der Waals surface area contributed by atoms with Crippen molar-refractivity contribution in [2.24, 2.45) is 0 Å². The van der Waals surface area contributed by atoms with Gasteiger partial charge in [0.2, 0.25) is 0 Å². The number of benzene rings is 2. The Morgan fingerprint density at radius 1 is 0.846 bits per heavy atom. The van der Waals surface area contributed by atoms with E-state index in [4.69, 9.17) is 4.11 Å². The molecule has 0 saturated carbocycles. The number of hydrogen-bond acceptors (Lipinski definition) is 0. The lowest BCUT2D eigenvalue weighted by atomic mass is 10.0. The molecule has 0 spiro atoms. The van der Waals surface area contributed by atoms with Crippen LogP contribution in [0.15, 0.2) is 54.6 Å². The highest BCUT2D eigenvalue weighted by Crippen LogP contribution is 2.21. The Balaban J connectivity index is 2.58. The molecule has 64 valence electrons. The monoisotopic (exact) mass is 171 g/mol. The molecule has 0 fully saturated rings. The molecule has 0 radical (unpaired) electrons. The third-order valence-electron chi connectivity index (χ3n) is 2.01. The maximum Gasteiger partial charge on any atom is 0.0280 e. The normalized spacial score (nSPS) is 14.3. The van der Waals surface area contributed by atoms with Crippen LogP contribution in [-0.4, -0.2) is 0 Å². The average molecular weight is 171 g/mol. The van der Waals surface area contributed by atoms with Gasteiger partial charge in [-0.2, -0.15) is 0 Å². The van der Waals surface area contributed by atoms with E-state index < -0.39 is 6.85 Å². The highest BCUT2D eigenvalue weighted by Gasteiger charge is 1.97. The smallest absolute Gasteiger partial charge is 0.0280 e. The molecule has 0 N–H and O–H groups in total. The van der Waals surface area contributed by atoms with Crippen LogP contribution < -0.4 is 0 Å². The number of hydrogen-bond donors (Lipinski definition) is 0. The lowest BCUT2D eigenvalue weighted by Gasteiger charge is -2.04. The van der Waals surface area contributed by atoms with Crippen molar-refractivity contribution < 1.29 is 4.11 Å². The first-order chi connectivity index (χ1) is 7.59. The maximum atomic E-state index is 7.50. The molecule has 0 atom stereocenters. The van der Waals surface area contributed by atoms with Gasteiger partial charge in [-0.05, 0) is 23.5 Å². The summed E-state index contributed by atoms with van der Waals surface area (Å²) in [4.78, 5) is 0. The second-order valence-corrected chi connectivity index (χ2v) is 2.91. The number of rotatable bonds is 1. The summed E-state index contributed by atoms with van der Waals surface area (Å²) in [5, 5.41) is 0. The summed E-state index contributed by atoms with van der Waals surface area (Å²) < 4.78 is 22.5. The zero-order valence-corrected chi connectivity index (χ0v) is 7.20. The molecule has 0 heterocycles. The topological polar surface area (TPSA) is 0 Å².